The Morgan fingerprint density at radius 2 is 1.96 bits per heavy atom. The van der Waals surface area contributed by atoms with Crippen LogP contribution >= 0.6 is 0 Å². The average Bonchev–Trinajstić information content (AvgIpc) is 3.16. The SMILES string of the molecule is CN(Cc1cc(-c2ccncc2)no1)C(=O)[C@@H]1CCc2ccccc2C1. The van der Waals surface area contributed by atoms with Gasteiger partial charge < -0.3 is 9.42 Å². The summed E-state index contributed by atoms with van der Waals surface area (Å²) in [4.78, 5) is 18.6. The smallest absolute Gasteiger partial charge is 0.226 e. The van der Waals surface area contributed by atoms with Gasteiger partial charge in [0.2, 0.25) is 5.91 Å². The third kappa shape index (κ3) is 3.38. The zero-order chi connectivity index (χ0) is 17.9. The molecule has 4 rings (SSSR count). The Bertz CT molecular complexity index is 904. The van der Waals surface area contributed by atoms with Gasteiger partial charge >= 0.3 is 0 Å². The van der Waals surface area contributed by atoms with E-state index >= 15 is 0 Å². The van der Waals surface area contributed by atoms with E-state index in [0.29, 0.717) is 12.3 Å². The minimum absolute atomic E-state index is 0.0393. The van der Waals surface area contributed by atoms with Crippen LogP contribution in [0.2, 0.25) is 0 Å². The Morgan fingerprint density at radius 1 is 1.19 bits per heavy atom. The van der Waals surface area contributed by atoms with Crippen LogP contribution in [0.4, 0.5) is 0 Å². The first-order valence-electron chi connectivity index (χ1n) is 8.88. The van der Waals surface area contributed by atoms with Gasteiger partial charge in [0.25, 0.3) is 0 Å². The van der Waals surface area contributed by atoms with Crippen molar-refractivity contribution in [3.05, 3.63) is 71.7 Å². The fraction of sp³-hybridized carbons (Fsp3) is 0.286. The third-order valence-electron chi connectivity index (χ3n) is 5.00. The second kappa shape index (κ2) is 7.12. The van der Waals surface area contributed by atoms with E-state index in [2.05, 4.69) is 28.3 Å². The second-order valence-electron chi connectivity index (χ2n) is 6.82. The molecule has 0 spiro atoms. The lowest BCUT2D eigenvalue weighted by atomic mass is 9.83. The van der Waals surface area contributed by atoms with Gasteiger partial charge in [0.15, 0.2) is 5.76 Å². The maximum atomic E-state index is 12.8. The maximum Gasteiger partial charge on any atom is 0.226 e. The van der Waals surface area contributed by atoms with Crippen LogP contribution in [0.1, 0.15) is 23.3 Å². The number of hydrogen-bond acceptors (Lipinski definition) is 4. The number of pyridine rings is 1. The van der Waals surface area contributed by atoms with Gasteiger partial charge in [-0.05, 0) is 42.5 Å². The molecule has 1 atom stereocenters. The maximum absolute atomic E-state index is 12.8. The molecule has 0 saturated heterocycles. The molecule has 0 unspecified atom stereocenters. The predicted octanol–water partition coefficient (Wildman–Crippen LogP) is 3.50. The number of rotatable bonds is 4. The van der Waals surface area contributed by atoms with Crippen molar-refractivity contribution >= 4 is 5.91 Å². The fourth-order valence-electron chi connectivity index (χ4n) is 3.58. The summed E-state index contributed by atoms with van der Waals surface area (Å²) < 4.78 is 5.42. The lowest BCUT2D eigenvalue weighted by Gasteiger charge is -2.27. The Balaban J connectivity index is 1.42. The summed E-state index contributed by atoms with van der Waals surface area (Å²) in [6.07, 6.45) is 6.13. The summed E-state index contributed by atoms with van der Waals surface area (Å²) in [5.41, 5.74) is 4.38. The molecule has 5 heteroatoms. The number of aryl methyl sites for hydroxylation is 1. The molecule has 132 valence electrons. The number of benzene rings is 1. The Kier molecular flexibility index (Phi) is 4.52. The highest BCUT2D eigenvalue weighted by Crippen LogP contribution is 2.27. The monoisotopic (exact) mass is 347 g/mol. The van der Waals surface area contributed by atoms with Crippen molar-refractivity contribution in [2.45, 2.75) is 25.8 Å². The van der Waals surface area contributed by atoms with E-state index in [1.807, 2.05) is 31.3 Å². The quantitative estimate of drug-likeness (QED) is 0.725. The van der Waals surface area contributed by atoms with Crippen molar-refractivity contribution in [2.24, 2.45) is 5.92 Å². The average molecular weight is 347 g/mol. The molecule has 1 aromatic carbocycles. The highest BCUT2D eigenvalue weighted by atomic mass is 16.5. The molecular weight excluding hydrogens is 326 g/mol. The molecule has 1 aliphatic carbocycles. The molecule has 0 saturated carbocycles. The summed E-state index contributed by atoms with van der Waals surface area (Å²) in [6, 6.07) is 14.1. The van der Waals surface area contributed by atoms with E-state index in [1.54, 1.807) is 17.3 Å². The first kappa shape index (κ1) is 16.5. The van der Waals surface area contributed by atoms with E-state index in [9.17, 15) is 4.79 Å². The summed E-state index contributed by atoms with van der Waals surface area (Å²) in [5, 5.41) is 4.10. The third-order valence-corrected chi connectivity index (χ3v) is 5.00. The van der Waals surface area contributed by atoms with E-state index in [4.69, 9.17) is 4.52 Å². The van der Waals surface area contributed by atoms with Crippen LogP contribution in [0.25, 0.3) is 11.3 Å². The molecule has 0 bridgehead atoms. The van der Waals surface area contributed by atoms with Crippen LogP contribution in [0.15, 0.2) is 59.4 Å². The standard InChI is InChI=1S/C21H21N3O2/c1-24(14-19-13-20(23-26-19)16-8-10-22-11-9-16)21(25)18-7-6-15-4-2-3-5-17(15)12-18/h2-5,8-11,13,18H,6-7,12,14H2,1H3/t18-/m1/s1. The molecule has 0 N–H and O–H groups in total. The molecular formula is C21H21N3O2. The van der Waals surface area contributed by atoms with Gasteiger partial charge in [-0.1, -0.05) is 29.4 Å². The van der Waals surface area contributed by atoms with Gasteiger partial charge in [-0.25, -0.2) is 0 Å². The van der Waals surface area contributed by atoms with Crippen molar-refractivity contribution < 1.29 is 9.32 Å². The number of aromatic nitrogens is 2. The number of carbonyl (C=O) groups excluding carboxylic acids is 1. The van der Waals surface area contributed by atoms with Gasteiger partial charge in [0, 0.05) is 37.0 Å². The minimum atomic E-state index is 0.0393. The van der Waals surface area contributed by atoms with Crippen molar-refractivity contribution in [3.8, 4) is 11.3 Å². The zero-order valence-electron chi connectivity index (χ0n) is 14.8. The largest absolute Gasteiger partial charge is 0.359 e. The normalized spacial score (nSPS) is 16.1. The Morgan fingerprint density at radius 3 is 2.77 bits per heavy atom. The lowest BCUT2D eigenvalue weighted by Crippen LogP contribution is -2.35. The number of amides is 1. The molecule has 26 heavy (non-hydrogen) atoms. The molecule has 0 fully saturated rings. The highest BCUT2D eigenvalue weighted by Gasteiger charge is 2.27. The van der Waals surface area contributed by atoms with Crippen molar-refractivity contribution in [3.63, 3.8) is 0 Å². The van der Waals surface area contributed by atoms with Crippen LogP contribution in [0.5, 0.6) is 0 Å². The fourth-order valence-corrected chi connectivity index (χ4v) is 3.58. The summed E-state index contributed by atoms with van der Waals surface area (Å²) in [6.45, 7) is 0.426. The molecule has 1 amide bonds. The van der Waals surface area contributed by atoms with E-state index < -0.39 is 0 Å². The molecule has 2 aromatic heterocycles. The molecule has 0 radical (unpaired) electrons. The van der Waals surface area contributed by atoms with E-state index in [0.717, 1.165) is 30.5 Å². The van der Waals surface area contributed by atoms with Crippen molar-refractivity contribution in [1.29, 1.82) is 0 Å². The van der Waals surface area contributed by atoms with Crippen molar-refractivity contribution in [2.75, 3.05) is 7.05 Å². The summed E-state index contributed by atoms with van der Waals surface area (Å²) in [5.74, 6) is 0.891. The topological polar surface area (TPSA) is 59.2 Å². The van der Waals surface area contributed by atoms with Gasteiger partial charge in [-0.3, -0.25) is 9.78 Å². The van der Waals surface area contributed by atoms with Crippen LogP contribution in [-0.4, -0.2) is 28.0 Å². The van der Waals surface area contributed by atoms with E-state index in [-0.39, 0.29) is 11.8 Å². The number of fused-ring (bicyclic) bond motifs is 1. The zero-order valence-corrected chi connectivity index (χ0v) is 14.8. The summed E-state index contributed by atoms with van der Waals surface area (Å²) >= 11 is 0. The van der Waals surface area contributed by atoms with Crippen molar-refractivity contribution in [1.82, 2.24) is 15.0 Å². The van der Waals surface area contributed by atoms with Gasteiger partial charge in [0.1, 0.15) is 5.69 Å². The highest BCUT2D eigenvalue weighted by molar-refractivity contribution is 5.79. The summed E-state index contributed by atoms with van der Waals surface area (Å²) in [7, 11) is 1.83. The number of nitrogens with zero attached hydrogens (tertiary/aromatic N) is 3. The molecule has 0 aliphatic heterocycles. The first-order valence-corrected chi connectivity index (χ1v) is 8.88. The lowest BCUT2D eigenvalue weighted by molar-refractivity contribution is -0.135. The van der Waals surface area contributed by atoms with Gasteiger partial charge in [-0.15, -0.1) is 0 Å². The van der Waals surface area contributed by atoms with Crippen LogP contribution in [0, 0.1) is 5.92 Å². The number of carbonyl (C=O) groups is 1. The van der Waals surface area contributed by atoms with Crippen LogP contribution < -0.4 is 0 Å². The minimum Gasteiger partial charge on any atom is -0.359 e. The second-order valence-corrected chi connectivity index (χ2v) is 6.82. The van der Waals surface area contributed by atoms with Gasteiger partial charge in [-0.2, -0.15) is 0 Å². The van der Waals surface area contributed by atoms with E-state index in [1.165, 1.54) is 11.1 Å². The van der Waals surface area contributed by atoms with Gasteiger partial charge in [0.05, 0.1) is 6.54 Å². The van der Waals surface area contributed by atoms with Crippen LogP contribution in [-0.2, 0) is 24.2 Å². The molecule has 1 aliphatic rings. The first-order chi connectivity index (χ1) is 12.7. The Hall–Kier alpha value is -2.95. The Labute approximate surface area is 152 Å². The number of hydrogen-bond donors (Lipinski definition) is 0. The molecule has 2 heterocycles. The molecule has 3 aromatic rings. The predicted molar refractivity (Wildman–Crippen MR) is 98.2 cm³/mol. The van der Waals surface area contributed by atoms with Crippen LogP contribution in [0.3, 0.4) is 0 Å². The molecule has 5 nitrogen and oxygen atoms in total.